The van der Waals surface area contributed by atoms with Gasteiger partial charge >= 0.3 is 0 Å². The van der Waals surface area contributed by atoms with Gasteiger partial charge in [-0.15, -0.1) is 0 Å². The number of nitrogens with one attached hydrogen (secondary N) is 2. The number of H-pyrrole nitrogens is 1. The summed E-state index contributed by atoms with van der Waals surface area (Å²) in [6.07, 6.45) is 8.11. The Balaban J connectivity index is 1.26. The Labute approximate surface area is 209 Å². The van der Waals surface area contributed by atoms with Crippen LogP contribution in [0.4, 0.5) is 0 Å². The molecular formula is C27H31N5O4. The zero-order chi connectivity index (χ0) is 25.1. The van der Waals surface area contributed by atoms with Gasteiger partial charge < -0.3 is 20.4 Å². The van der Waals surface area contributed by atoms with E-state index in [1.165, 1.54) is 12.5 Å². The lowest BCUT2D eigenvalue weighted by molar-refractivity contribution is -0.127. The SMILES string of the molecule is NC(NC(=O)C1CCCN(C(=O)c2cccc(Cc3n[nH]c(=O)c4c3CCCC4)c2)C1)c1ccoc1. The molecule has 1 saturated heterocycles. The number of carbonyl (C=O) groups excluding carboxylic acids is 2. The van der Waals surface area contributed by atoms with Crippen LogP contribution < -0.4 is 16.6 Å². The summed E-state index contributed by atoms with van der Waals surface area (Å²) in [6.45, 7) is 0.956. The van der Waals surface area contributed by atoms with Gasteiger partial charge in [0.2, 0.25) is 5.91 Å². The average molecular weight is 490 g/mol. The van der Waals surface area contributed by atoms with Crippen LogP contribution in [0.5, 0.6) is 0 Å². The molecule has 2 amide bonds. The van der Waals surface area contributed by atoms with E-state index in [0.29, 0.717) is 37.1 Å². The summed E-state index contributed by atoms with van der Waals surface area (Å²) in [7, 11) is 0. The lowest BCUT2D eigenvalue weighted by Gasteiger charge is -2.32. The maximum atomic E-state index is 13.4. The number of nitrogens with two attached hydrogens (primary N) is 1. The second-order valence-electron chi connectivity index (χ2n) is 9.67. The molecule has 3 aromatic rings. The monoisotopic (exact) mass is 489 g/mol. The first-order valence-electron chi connectivity index (χ1n) is 12.5. The van der Waals surface area contributed by atoms with E-state index < -0.39 is 6.17 Å². The number of carbonyl (C=O) groups is 2. The quantitative estimate of drug-likeness (QED) is 0.456. The highest BCUT2D eigenvalue weighted by molar-refractivity contribution is 5.95. The fourth-order valence-electron chi connectivity index (χ4n) is 5.25. The van der Waals surface area contributed by atoms with Gasteiger partial charge in [-0.25, -0.2) is 5.10 Å². The number of rotatable bonds is 6. The number of benzene rings is 1. The van der Waals surface area contributed by atoms with E-state index in [0.717, 1.165) is 54.5 Å². The molecule has 0 saturated carbocycles. The third kappa shape index (κ3) is 5.11. The van der Waals surface area contributed by atoms with Crippen LogP contribution in [0.1, 0.15) is 70.2 Å². The third-order valence-corrected chi connectivity index (χ3v) is 7.21. The van der Waals surface area contributed by atoms with Gasteiger partial charge in [0, 0.05) is 36.2 Å². The first-order chi connectivity index (χ1) is 17.5. The summed E-state index contributed by atoms with van der Waals surface area (Å²) in [6, 6.07) is 9.26. The molecule has 1 aliphatic heterocycles. The molecule has 2 atom stereocenters. The molecule has 1 aromatic carbocycles. The fraction of sp³-hybridized carbons (Fsp3) is 0.407. The molecule has 4 N–H and O–H groups in total. The summed E-state index contributed by atoms with van der Waals surface area (Å²) in [4.78, 5) is 40.1. The van der Waals surface area contributed by atoms with Crippen LogP contribution in [0.25, 0.3) is 0 Å². The van der Waals surface area contributed by atoms with Crippen molar-refractivity contribution in [2.75, 3.05) is 13.1 Å². The first kappa shape index (κ1) is 24.0. The van der Waals surface area contributed by atoms with Crippen molar-refractivity contribution in [2.24, 2.45) is 11.7 Å². The Hall–Kier alpha value is -3.72. The second kappa shape index (κ2) is 10.5. The second-order valence-corrected chi connectivity index (χ2v) is 9.67. The Morgan fingerprint density at radius 2 is 2.03 bits per heavy atom. The molecule has 0 spiro atoms. The average Bonchev–Trinajstić information content (AvgIpc) is 3.46. The number of nitrogens with zero attached hydrogens (tertiary/aromatic N) is 2. The number of aromatic nitrogens is 2. The zero-order valence-corrected chi connectivity index (χ0v) is 20.2. The standard InChI is InChI=1S/C27H31N5O4/c28-24(20-10-12-36-16-20)29-25(33)19-7-4-11-32(15-19)27(35)18-6-3-5-17(13-18)14-23-21-8-1-2-9-22(21)26(34)31-30-23/h3,5-6,10,12-13,16,19,24H,1-2,4,7-9,11,14-15,28H2,(H,29,33)(H,31,34). The molecule has 9 nitrogen and oxygen atoms in total. The van der Waals surface area contributed by atoms with E-state index in [9.17, 15) is 14.4 Å². The molecule has 1 fully saturated rings. The van der Waals surface area contributed by atoms with Crippen LogP contribution in [0.2, 0.25) is 0 Å². The van der Waals surface area contributed by atoms with Crippen molar-refractivity contribution in [1.29, 1.82) is 0 Å². The first-order valence-corrected chi connectivity index (χ1v) is 12.5. The van der Waals surface area contributed by atoms with Crippen LogP contribution >= 0.6 is 0 Å². The van der Waals surface area contributed by atoms with E-state index in [-0.39, 0.29) is 23.3 Å². The van der Waals surface area contributed by atoms with E-state index >= 15 is 0 Å². The van der Waals surface area contributed by atoms with Crippen molar-refractivity contribution in [3.8, 4) is 0 Å². The molecule has 0 bridgehead atoms. The van der Waals surface area contributed by atoms with Gasteiger partial charge in [0.05, 0.1) is 24.1 Å². The number of piperidine rings is 1. The van der Waals surface area contributed by atoms with E-state index in [1.807, 2.05) is 18.2 Å². The smallest absolute Gasteiger partial charge is 0.267 e. The number of aromatic amines is 1. The van der Waals surface area contributed by atoms with Crippen molar-refractivity contribution < 1.29 is 14.0 Å². The van der Waals surface area contributed by atoms with Crippen LogP contribution in [-0.4, -0.2) is 40.0 Å². The van der Waals surface area contributed by atoms with Crippen molar-refractivity contribution in [2.45, 2.75) is 51.1 Å². The molecule has 2 aliphatic rings. The van der Waals surface area contributed by atoms with E-state index in [2.05, 4.69) is 15.5 Å². The molecule has 2 aromatic heterocycles. The van der Waals surface area contributed by atoms with Crippen LogP contribution in [0.15, 0.2) is 52.1 Å². The number of amides is 2. The molecule has 36 heavy (non-hydrogen) atoms. The third-order valence-electron chi connectivity index (χ3n) is 7.21. The van der Waals surface area contributed by atoms with Gasteiger partial charge in [-0.1, -0.05) is 12.1 Å². The number of hydrogen-bond donors (Lipinski definition) is 3. The minimum atomic E-state index is -0.647. The van der Waals surface area contributed by atoms with Crippen molar-refractivity contribution in [3.05, 3.63) is 86.7 Å². The summed E-state index contributed by atoms with van der Waals surface area (Å²) in [5.41, 5.74) is 11.0. The van der Waals surface area contributed by atoms with Crippen molar-refractivity contribution in [1.82, 2.24) is 20.4 Å². The van der Waals surface area contributed by atoms with Crippen LogP contribution in [0.3, 0.4) is 0 Å². The van der Waals surface area contributed by atoms with Gasteiger partial charge in [0.1, 0.15) is 6.17 Å². The molecule has 188 valence electrons. The topological polar surface area (TPSA) is 134 Å². The Bertz CT molecular complexity index is 1300. The number of fused-ring (bicyclic) bond motifs is 1. The lowest BCUT2D eigenvalue weighted by Crippen LogP contribution is -2.47. The molecule has 1 aliphatic carbocycles. The summed E-state index contributed by atoms with van der Waals surface area (Å²) >= 11 is 0. The largest absolute Gasteiger partial charge is 0.472 e. The molecule has 5 rings (SSSR count). The summed E-state index contributed by atoms with van der Waals surface area (Å²) in [5.74, 6) is -0.575. The molecule has 3 heterocycles. The van der Waals surface area contributed by atoms with Gasteiger partial charge in [-0.3, -0.25) is 14.4 Å². The Morgan fingerprint density at radius 1 is 1.19 bits per heavy atom. The summed E-state index contributed by atoms with van der Waals surface area (Å²) in [5, 5.41) is 9.80. The molecule has 9 heteroatoms. The van der Waals surface area contributed by atoms with Gasteiger partial charge in [0.25, 0.3) is 11.5 Å². The van der Waals surface area contributed by atoms with Crippen molar-refractivity contribution >= 4 is 11.8 Å². The maximum Gasteiger partial charge on any atom is 0.267 e. The van der Waals surface area contributed by atoms with Crippen molar-refractivity contribution in [3.63, 3.8) is 0 Å². The summed E-state index contributed by atoms with van der Waals surface area (Å²) < 4.78 is 5.04. The lowest BCUT2D eigenvalue weighted by atomic mass is 9.90. The minimum Gasteiger partial charge on any atom is -0.472 e. The molecular weight excluding hydrogens is 458 g/mol. The predicted molar refractivity (Wildman–Crippen MR) is 133 cm³/mol. The number of likely N-dealkylation sites (tertiary alicyclic amines) is 1. The number of furan rings is 1. The van der Waals surface area contributed by atoms with Gasteiger partial charge in [0.15, 0.2) is 0 Å². The molecule has 0 radical (unpaired) electrons. The molecule has 2 unspecified atom stereocenters. The highest BCUT2D eigenvalue weighted by Crippen LogP contribution is 2.24. The van der Waals surface area contributed by atoms with Gasteiger partial charge in [-0.2, -0.15) is 5.10 Å². The Morgan fingerprint density at radius 3 is 2.83 bits per heavy atom. The Kier molecular flexibility index (Phi) is 6.99. The normalized spacial score (nSPS) is 18.4. The highest BCUT2D eigenvalue weighted by Gasteiger charge is 2.30. The van der Waals surface area contributed by atoms with Crippen LogP contribution in [-0.2, 0) is 24.1 Å². The highest BCUT2D eigenvalue weighted by atomic mass is 16.3. The van der Waals surface area contributed by atoms with Gasteiger partial charge in [-0.05, 0) is 67.9 Å². The maximum absolute atomic E-state index is 13.4. The fourth-order valence-corrected chi connectivity index (χ4v) is 5.25. The van der Waals surface area contributed by atoms with Crippen LogP contribution in [0, 0.1) is 5.92 Å². The predicted octanol–water partition coefficient (Wildman–Crippen LogP) is 2.46. The number of hydrogen-bond acceptors (Lipinski definition) is 6. The minimum absolute atomic E-state index is 0.0909. The van der Waals surface area contributed by atoms with E-state index in [1.54, 1.807) is 17.0 Å². The zero-order valence-electron chi connectivity index (χ0n) is 20.2. The van der Waals surface area contributed by atoms with E-state index in [4.69, 9.17) is 10.2 Å².